The second-order valence-electron chi connectivity index (χ2n) is 4.62. The quantitative estimate of drug-likeness (QED) is 0.784. The standard InChI is InChI=1S/C17H21NOS/c1-18-13-15-5-9-17(10-6-15)20-12-11-14-3-7-16(19-2)8-4-14/h3-10,18H,11-13H2,1-2H3. The molecule has 0 aromatic heterocycles. The van der Waals surface area contributed by atoms with E-state index < -0.39 is 0 Å². The summed E-state index contributed by atoms with van der Waals surface area (Å²) in [6.45, 7) is 0.927. The Labute approximate surface area is 125 Å². The predicted molar refractivity (Wildman–Crippen MR) is 86.6 cm³/mol. The number of nitrogens with one attached hydrogen (secondary N) is 1. The zero-order valence-electron chi connectivity index (χ0n) is 12.1. The van der Waals surface area contributed by atoms with E-state index in [2.05, 4.69) is 41.7 Å². The van der Waals surface area contributed by atoms with Crippen molar-refractivity contribution < 1.29 is 4.74 Å². The second kappa shape index (κ2) is 7.98. The number of aryl methyl sites for hydroxylation is 1. The molecule has 0 amide bonds. The minimum absolute atomic E-state index is 0.918. The van der Waals surface area contributed by atoms with E-state index in [9.17, 15) is 0 Å². The molecular weight excluding hydrogens is 266 g/mol. The summed E-state index contributed by atoms with van der Waals surface area (Å²) in [5.41, 5.74) is 2.68. The first-order valence-corrected chi connectivity index (χ1v) is 7.79. The van der Waals surface area contributed by atoms with Crippen LogP contribution >= 0.6 is 11.8 Å². The Morgan fingerprint density at radius 2 is 1.60 bits per heavy atom. The van der Waals surface area contributed by atoms with Gasteiger partial charge in [0.1, 0.15) is 5.75 Å². The van der Waals surface area contributed by atoms with Gasteiger partial charge in [0.05, 0.1) is 7.11 Å². The normalized spacial score (nSPS) is 10.5. The van der Waals surface area contributed by atoms with Crippen molar-refractivity contribution >= 4 is 11.8 Å². The van der Waals surface area contributed by atoms with Crippen LogP contribution in [0, 0.1) is 0 Å². The molecule has 0 unspecified atom stereocenters. The Bertz CT molecular complexity index is 508. The molecular formula is C17H21NOS. The van der Waals surface area contributed by atoms with Crippen molar-refractivity contribution in [3.63, 3.8) is 0 Å². The van der Waals surface area contributed by atoms with Gasteiger partial charge < -0.3 is 10.1 Å². The predicted octanol–water partition coefficient (Wildman–Crippen LogP) is 3.75. The van der Waals surface area contributed by atoms with Crippen LogP contribution in [-0.4, -0.2) is 19.9 Å². The molecule has 0 bridgehead atoms. The summed E-state index contributed by atoms with van der Waals surface area (Å²) < 4.78 is 5.16. The number of thioether (sulfide) groups is 1. The van der Waals surface area contributed by atoms with Gasteiger partial charge >= 0.3 is 0 Å². The zero-order valence-corrected chi connectivity index (χ0v) is 12.9. The average molecular weight is 287 g/mol. The molecule has 2 aromatic rings. The molecule has 2 aromatic carbocycles. The highest BCUT2D eigenvalue weighted by atomic mass is 32.2. The molecule has 0 aliphatic rings. The van der Waals surface area contributed by atoms with E-state index >= 15 is 0 Å². The van der Waals surface area contributed by atoms with Gasteiger partial charge in [-0.1, -0.05) is 24.3 Å². The van der Waals surface area contributed by atoms with Gasteiger partial charge in [-0.3, -0.25) is 0 Å². The van der Waals surface area contributed by atoms with Gasteiger partial charge in [0.2, 0.25) is 0 Å². The highest BCUT2D eigenvalue weighted by Gasteiger charge is 1.98. The van der Waals surface area contributed by atoms with Crippen LogP contribution in [0.2, 0.25) is 0 Å². The molecule has 0 radical (unpaired) electrons. The molecule has 0 spiro atoms. The van der Waals surface area contributed by atoms with Gasteiger partial charge in [-0.2, -0.15) is 0 Å². The Balaban J connectivity index is 1.79. The maximum atomic E-state index is 5.16. The minimum atomic E-state index is 0.918. The van der Waals surface area contributed by atoms with Gasteiger partial charge in [0.25, 0.3) is 0 Å². The average Bonchev–Trinajstić information content (AvgIpc) is 2.50. The molecule has 2 nitrogen and oxygen atoms in total. The Hall–Kier alpha value is -1.45. The van der Waals surface area contributed by atoms with E-state index in [-0.39, 0.29) is 0 Å². The first-order valence-electron chi connectivity index (χ1n) is 6.81. The Morgan fingerprint density at radius 1 is 0.950 bits per heavy atom. The highest BCUT2D eigenvalue weighted by Crippen LogP contribution is 2.20. The summed E-state index contributed by atoms with van der Waals surface area (Å²) in [6, 6.07) is 17.1. The van der Waals surface area contributed by atoms with Crippen molar-refractivity contribution in [2.75, 3.05) is 19.9 Å². The SMILES string of the molecule is CNCc1ccc(SCCc2ccc(OC)cc2)cc1. The number of hydrogen-bond donors (Lipinski definition) is 1. The number of rotatable bonds is 7. The fourth-order valence-corrected chi connectivity index (χ4v) is 2.89. The van der Waals surface area contributed by atoms with E-state index in [4.69, 9.17) is 4.74 Å². The van der Waals surface area contributed by atoms with Crippen LogP contribution in [-0.2, 0) is 13.0 Å². The minimum Gasteiger partial charge on any atom is -0.497 e. The van der Waals surface area contributed by atoms with Crippen molar-refractivity contribution in [3.8, 4) is 5.75 Å². The number of hydrogen-bond acceptors (Lipinski definition) is 3. The molecule has 20 heavy (non-hydrogen) atoms. The summed E-state index contributed by atoms with van der Waals surface area (Å²) in [5.74, 6) is 2.01. The number of benzene rings is 2. The summed E-state index contributed by atoms with van der Waals surface area (Å²) in [4.78, 5) is 1.33. The lowest BCUT2D eigenvalue weighted by molar-refractivity contribution is 0.414. The van der Waals surface area contributed by atoms with Crippen molar-refractivity contribution in [3.05, 3.63) is 59.7 Å². The van der Waals surface area contributed by atoms with E-state index in [1.165, 1.54) is 16.0 Å². The molecule has 0 fully saturated rings. The fraction of sp³-hybridized carbons (Fsp3) is 0.294. The van der Waals surface area contributed by atoms with E-state index in [1.54, 1.807) is 7.11 Å². The summed E-state index contributed by atoms with van der Waals surface area (Å²) in [6.07, 6.45) is 1.08. The molecule has 3 heteroatoms. The maximum Gasteiger partial charge on any atom is 0.118 e. The lowest BCUT2D eigenvalue weighted by atomic mass is 10.2. The molecule has 0 saturated carbocycles. The van der Waals surface area contributed by atoms with Crippen molar-refractivity contribution in [2.45, 2.75) is 17.9 Å². The van der Waals surface area contributed by atoms with Crippen LogP contribution < -0.4 is 10.1 Å². The maximum absolute atomic E-state index is 5.16. The number of methoxy groups -OCH3 is 1. The van der Waals surface area contributed by atoms with Crippen LogP contribution in [0.15, 0.2) is 53.4 Å². The molecule has 0 atom stereocenters. The van der Waals surface area contributed by atoms with Crippen molar-refractivity contribution in [1.82, 2.24) is 5.32 Å². The van der Waals surface area contributed by atoms with Crippen molar-refractivity contribution in [1.29, 1.82) is 0 Å². The Kier molecular flexibility index (Phi) is 5.96. The summed E-state index contributed by atoms with van der Waals surface area (Å²) in [5, 5.41) is 3.16. The highest BCUT2D eigenvalue weighted by molar-refractivity contribution is 7.99. The van der Waals surface area contributed by atoms with Crippen LogP contribution in [0.3, 0.4) is 0 Å². The van der Waals surface area contributed by atoms with Gasteiger partial charge in [-0.25, -0.2) is 0 Å². The molecule has 0 aliphatic heterocycles. The summed E-state index contributed by atoms with van der Waals surface area (Å²) in [7, 11) is 3.67. The van der Waals surface area contributed by atoms with Gasteiger partial charge in [-0.15, -0.1) is 11.8 Å². The van der Waals surface area contributed by atoms with Crippen molar-refractivity contribution in [2.24, 2.45) is 0 Å². The third kappa shape index (κ3) is 4.58. The van der Waals surface area contributed by atoms with Gasteiger partial charge in [-0.05, 0) is 48.9 Å². The third-order valence-electron chi connectivity index (χ3n) is 3.12. The van der Waals surface area contributed by atoms with Crippen LogP contribution in [0.4, 0.5) is 0 Å². The van der Waals surface area contributed by atoms with Gasteiger partial charge in [0.15, 0.2) is 0 Å². The zero-order chi connectivity index (χ0) is 14.2. The smallest absolute Gasteiger partial charge is 0.118 e. The topological polar surface area (TPSA) is 21.3 Å². The van der Waals surface area contributed by atoms with E-state index in [0.29, 0.717) is 0 Å². The first-order chi connectivity index (χ1) is 9.81. The second-order valence-corrected chi connectivity index (χ2v) is 5.79. The third-order valence-corrected chi connectivity index (χ3v) is 4.14. The van der Waals surface area contributed by atoms with Crippen LogP contribution in [0.5, 0.6) is 5.75 Å². The fourth-order valence-electron chi connectivity index (χ4n) is 1.99. The lowest BCUT2D eigenvalue weighted by Crippen LogP contribution is -2.04. The molecule has 1 N–H and O–H groups in total. The monoisotopic (exact) mass is 287 g/mol. The van der Waals surface area contributed by atoms with Gasteiger partial charge in [0, 0.05) is 17.2 Å². The molecule has 0 heterocycles. The number of ether oxygens (including phenoxy) is 1. The van der Waals surface area contributed by atoms with Crippen LogP contribution in [0.25, 0.3) is 0 Å². The van der Waals surface area contributed by atoms with E-state index in [1.807, 2.05) is 30.9 Å². The molecule has 0 saturated heterocycles. The first kappa shape index (κ1) is 14.9. The largest absolute Gasteiger partial charge is 0.497 e. The van der Waals surface area contributed by atoms with Crippen LogP contribution in [0.1, 0.15) is 11.1 Å². The van der Waals surface area contributed by atoms with E-state index in [0.717, 1.165) is 24.5 Å². The Morgan fingerprint density at radius 3 is 2.20 bits per heavy atom. The molecule has 0 aliphatic carbocycles. The molecule has 106 valence electrons. The summed E-state index contributed by atoms with van der Waals surface area (Å²) >= 11 is 1.90. The lowest BCUT2D eigenvalue weighted by Gasteiger charge is -2.05. The molecule has 2 rings (SSSR count).